The Morgan fingerprint density at radius 1 is 1.67 bits per heavy atom. The minimum absolute atomic E-state index is 0.330. The zero-order valence-electron chi connectivity index (χ0n) is 9.86. The average molecular weight is 214 g/mol. The number of hydrogen-bond acceptors (Lipinski definition) is 3. The summed E-state index contributed by atoms with van der Waals surface area (Å²) in [7, 11) is 0. The van der Waals surface area contributed by atoms with Crippen molar-refractivity contribution in [3.8, 4) is 0 Å². The minimum atomic E-state index is -0.993. The lowest BCUT2D eigenvalue weighted by molar-refractivity contribution is -0.143. The van der Waals surface area contributed by atoms with Gasteiger partial charge in [0.1, 0.15) is 5.54 Å². The average Bonchev–Trinajstić information content (AvgIpc) is 2.50. The first-order chi connectivity index (χ1) is 6.90. The number of carbonyl (C=O) groups is 1. The maximum Gasteiger partial charge on any atom is 0.323 e. The van der Waals surface area contributed by atoms with Gasteiger partial charge < -0.3 is 10.8 Å². The van der Waals surface area contributed by atoms with E-state index in [1.165, 1.54) is 0 Å². The van der Waals surface area contributed by atoms with Crippen molar-refractivity contribution in [2.75, 3.05) is 6.54 Å². The van der Waals surface area contributed by atoms with Crippen LogP contribution in [0.4, 0.5) is 0 Å². The second kappa shape index (κ2) is 4.49. The van der Waals surface area contributed by atoms with E-state index in [0.717, 1.165) is 13.0 Å². The van der Waals surface area contributed by atoms with Crippen LogP contribution in [0.2, 0.25) is 0 Å². The van der Waals surface area contributed by atoms with Crippen LogP contribution in [-0.4, -0.2) is 40.1 Å². The highest BCUT2D eigenvalue weighted by molar-refractivity contribution is 5.79. The Balaban J connectivity index is 2.66. The topological polar surface area (TPSA) is 66.6 Å². The van der Waals surface area contributed by atoms with Crippen LogP contribution in [0.15, 0.2) is 0 Å². The van der Waals surface area contributed by atoms with Crippen LogP contribution in [0.3, 0.4) is 0 Å². The highest BCUT2D eigenvalue weighted by atomic mass is 16.4. The zero-order chi connectivity index (χ0) is 11.6. The number of carboxylic acids is 1. The van der Waals surface area contributed by atoms with E-state index in [0.29, 0.717) is 24.9 Å². The molecule has 1 fully saturated rings. The lowest BCUT2D eigenvalue weighted by Gasteiger charge is -2.32. The molecule has 88 valence electrons. The Kier molecular flexibility index (Phi) is 3.73. The Bertz CT molecular complexity index is 243. The number of hydrogen-bond donors (Lipinski definition) is 2. The van der Waals surface area contributed by atoms with E-state index in [2.05, 4.69) is 25.7 Å². The molecule has 4 heteroatoms. The van der Waals surface area contributed by atoms with Crippen molar-refractivity contribution in [1.29, 1.82) is 0 Å². The third kappa shape index (κ3) is 2.49. The summed E-state index contributed by atoms with van der Waals surface area (Å²) in [6.45, 7) is 7.34. The minimum Gasteiger partial charge on any atom is -0.480 e. The van der Waals surface area contributed by atoms with Gasteiger partial charge in [-0.25, -0.2) is 0 Å². The van der Waals surface area contributed by atoms with Crippen LogP contribution in [0.1, 0.15) is 40.0 Å². The molecule has 0 bridgehead atoms. The summed E-state index contributed by atoms with van der Waals surface area (Å²) in [6, 6.07) is 0.784. The van der Waals surface area contributed by atoms with E-state index in [9.17, 15) is 4.79 Å². The van der Waals surface area contributed by atoms with Gasteiger partial charge >= 0.3 is 5.97 Å². The quantitative estimate of drug-likeness (QED) is 0.734. The lowest BCUT2D eigenvalue weighted by Crippen LogP contribution is -2.48. The van der Waals surface area contributed by atoms with E-state index < -0.39 is 11.5 Å². The zero-order valence-corrected chi connectivity index (χ0v) is 9.86. The Morgan fingerprint density at radius 3 is 2.60 bits per heavy atom. The van der Waals surface area contributed by atoms with Gasteiger partial charge in [-0.1, -0.05) is 6.92 Å². The molecule has 15 heavy (non-hydrogen) atoms. The standard InChI is InChI=1S/C11H22N2O2/c1-4-13(8(2)3)9-5-6-11(12,7-9)10(14)15/h8-9H,4-7,12H2,1-3H3,(H,14,15). The monoisotopic (exact) mass is 214 g/mol. The Labute approximate surface area is 91.4 Å². The van der Waals surface area contributed by atoms with Gasteiger partial charge in [0.15, 0.2) is 0 Å². The summed E-state index contributed by atoms with van der Waals surface area (Å²) >= 11 is 0. The highest BCUT2D eigenvalue weighted by Gasteiger charge is 2.43. The molecule has 2 unspecified atom stereocenters. The molecule has 1 rings (SSSR count). The predicted molar refractivity (Wildman–Crippen MR) is 59.7 cm³/mol. The molecule has 1 aliphatic carbocycles. The van der Waals surface area contributed by atoms with Gasteiger partial charge in [-0.15, -0.1) is 0 Å². The van der Waals surface area contributed by atoms with Gasteiger partial charge in [0.05, 0.1) is 0 Å². The molecule has 0 saturated heterocycles. The van der Waals surface area contributed by atoms with Crippen molar-refractivity contribution in [3.63, 3.8) is 0 Å². The number of carboxylic acid groups (broad SMARTS) is 1. The van der Waals surface area contributed by atoms with E-state index in [4.69, 9.17) is 10.8 Å². The predicted octanol–water partition coefficient (Wildman–Crippen LogP) is 1.05. The van der Waals surface area contributed by atoms with Gasteiger partial charge in [-0.2, -0.15) is 0 Å². The lowest BCUT2D eigenvalue weighted by atomic mass is 9.99. The smallest absolute Gasteiger partial charge is 0.323 e. The Morgan fingerprint density at radius 2 is 2.27 bits per heavy atom. The molecule has 0 aliphatic heterocycles. The summed E-state index contributed by atoms with van der Waals surface area (Å²) in [6.07, 6.45) is 2.07. The van der Waals surface area contributed by atoms with Gasteiger partial charge in [0, 0.05) is 12.1 Å². The summed E-state index contributed by atoms with van der Waals surface area (Å²) in [4.78, 5) is 13.3. The van der Waals surface area contributed by atoms with Crippen molar-refractivity contribution in [1.82, 2.24) is 4.90 Å². The molecule has 1 saturated carbocycles. The summed E-state index contributed by atoms with van der Waals surface area (Å²) in [5.74, 6) is -0.857. The maximum absolute atomic E-state index is 11.0. The number of aliphatic carboxylic acids is 1. The van der Waals surface area contributed by atoms with Crippen LogP contribution in [0, 0.1) is 0 Å². The molecule has 0 aromatic carbocycles. The first-order valence-corrected chi connectivity index (χ1v) is 5.68. The van der Waals surface area contributed by atoms with E-state index in [1.54, 1.807) is 0 Å². The molecule has 0 spiro atoms. The molecule has 1 aliphatic rings. The van der Waals surface area contributed by atoms with Crippen molar-refractivity contribution in [3.05, 3.63) is 0 Å². The number of nitrogens with two attached hydrogens (primary N) is 1. The molecule has 4 nitrogen and oxygen atoms in total. The third-order valence-electron chi connectivity index (χ3n) is 3.45. The first kappa shape index (κ1) is 12.5. The second-order valence-electron chi connectivity index (χ2n) is 4.78. The van der Waals surface area contributed by atoms with Crippen LogP contribution < -0.4 is 5.73 Å². The summed E-state index contributed by atoms with van der Waals surface area (Å²) in [5, 5.41) is 9.04. The first-order valence-electron chi connectivity index (χ1n) is 5.68. The van der Waals surface area contributed by atoms with Gasteiger partial charge in [-0.3, -0.25) is 9.69 Å². The fraction of sp³-hybridized carbons (Fsp3) is 0.909. The second-order valence-corrected chi connectivity index (χ2v) is 4.78. The molecule has 3 N–H and O–H groups in total. The molecular formula is C11H22N2O2. The third-order valence-corrected chi connectivity index (χ3v) is 3.45. The largest absolute Gasteiger partial charge is 0.480 e. The molecule has 2 atom stereocenters. The Hall–Kier alpha value is -0.610. The molecular weight excluding hydrogens is 192 g/mol. The fourth-order valence-electron chi connectivity index (χ4n) is 2.57. The van der Waals surface area contributed by atoms with Crippen LogP contribution in [0.5, 0.6) is 0 Å². The molecule has 0 aromatic rings. The van der Waals surface area contributed by atoms with Crippen molar-refractivity contribution >= 4 is 5.97 Å². The van der Waals surface area contributed by atoms with Crippen LogP contribution in [-0.2, 0) is 4.79 Å². The van der Waals surface area contributed by atoms with Gasteiger partial charge in [0.25, 0.3) is 0 Å². The highest BCUT2D eigenvalue weighted by Crippen LogP contribution is 2.32. The van der Waals surface area contributed by atoms with Crippen molar-refractivity contribution in [2.24, 2.45) is 5.73 Å². The maximum atomic E-state index is 11.0. The molecule has 0 heterocycles. The molecule has 0 radical (unpaired) electrons. The van der Waals surface area contributed by atoms with E-state index in [-0.39, 0.29) is 0 Å². The van der Waals surface area contributed by atoms with Crippen molar-refractivity contribution in [2.45, 2.75) is 57.7 Å². The number of rotatable bonds is 4. The molecule has 0 aromatic heterocycles. The number of nitrogens with zero attached hydrogens (tertiary/aromatic N) is 1. The fourth-order valence-corrected chi connectivity index (χ4v) is 2.57. The van der Waals surface area contributed by atoms with E-state index >= 15 is 0 Å². The van der Waals surface area contributed by atoms with Crippen molar-refractivity contribution < 1.29 is 9.90 Å². The van der Waals surface area contributed by atoms with E-state index in [1.807, 2.05) is 0 Å². The summed E-state index contributed by atoms with van der Waals surface area (Å²) < 4.78 is 0. The van der Waals surface area contributed by atoms with Gasteiger partial charge in [-0.05, 0) is 39.7 Å². The van der Waals surface area contributed by atoms with Crippen LogP contribution in [0.25, 0.3) is 0 Å². The van der Waals surface area contributed by atoms with Gasteiger partial charge in [0.2, 0.25) is 0 Å². The SMILES string of the molecule is CCN(C(C)C)C1CCC(N)(C(=O)O)C1. The molecule has 0 amide bonds. The normalized spacial score (nSPS) is 31.5. The summed E-state index contributed by atoms with van der Waals surface area (Å²) in [5.41, 5.74) is 4.87. The van der Waals surface area contributed by atoms with Crippen LogP contribution >= 0.6 is 0 Å².